The van der Waals surface area contributed by atoms with Gasteiger partial charge in [-0.1, -0.05) is 41.9 Å². The predicted molar refractivity (Wildman–Crippen MR) is 88.9 cm³/mol. The van der Waals surface area contributed by atoms with Crippen LogP contribution in [0.25, 0.3) is 0 Å². The molecule has 0 spiro atoms. The number of fused-ring (bicyclic) bond motifs is 1. The van der Waals surface area contributed by atoms with Crippen LogP contribution < -0.4 is 4.90 Å². The molecule has 1 N–H and O–H groups in total. The molecule has 1 aliphatic rings. The van der Waals surface area contributed by atoms with E-state index in [1.807, 2.05) is 30.3 Å². The van der Waals surface area contributed by atoms with Crippen LogP contribution in [0.1, 0.15) is 11.1 Å². The fraction of sp³-hybridized carbons (Fsp3) is 0.176. The maximum absolute atomic E-state index is 12.4. The molecule has 0 saturated heterocycles. The highest BCUT2D eigenvalue weighted by Crippen LogP contribution is 2.30. The maximum Gasteiger partial charge on any atom is 0.280 e. The Kier molecular flexibility index (Phi) is 4.43. The van der Waals surface area contributed by atoms with Crippen molar-refractivity contribution >= 4 is 28.9 Å². The Hall–Kier alpha value is -2.21. The Morgan fingerprint density at radius 1 is 1.26 bits per heavy atom. The molecule has 1 unspecified atom stereocenters. The van der Waals surface area contributed by atoms with Crippen molar-refractivity contribution in [3.63, 3.8) is 0 Å². The first-order chi connectivity index (χ1) is 11.1. The number of methoxy groups -OCH3 is 1. The number of benzodiazepines with no additional fused rings is 1. The normalized spacial score (nSPS) is 17.5. The number of anilines is 1. The Morgan fingerprint density at radius 3 is 2.70 bits per heavy atom. The van der Waals surface area contributed by atoms with Crippen LogP contribution in [0.15, 0.2) is 53.5 Å². The van der Waals surface area contributed by atoms with Crippen LogP contribution in [0.3, 0.4) is 0 Å². The quantitative estimate of drug-likeness (QED) is 0.940. The topological polar surface area (TPSA) is 62.1 Å². The minimum atomic E-state index is -1.49. The number of carbonyl (C=O) groups is 1. The second kappa shape index (κ2) is 6.50. The third-order valence-corrected chi connectivity index (χ3v) is 3.78. The van der Waals surface area contributed by atoms with E-state index in [-0.39, 0.29) is 6.73 Å². The molecule has 2 aromatic rings. The van der Waals surface area contributed by atoms with Gasteiger partial charge in [-0.05, 0) is 18.2 Å². The second-order valence-corrected chi connectivity index (χ2v) is 5.50. The van der Waals surface area contributed by atoms with Crippen molar-refractivity contribution in [3.05, 3.63) is 64.7 Å². The van der Waals surface area contributed by atoms with Crippen LogP contribution >= 0.6 is 11.6 Å². The lowest BCUT2D eigenvalue weighted by Crippen LogP contribution is -2.39. The number of ether oxygens (including phenoxy) is 1. The minimum absolute atomic E-state index is 0.0160. The number of hydrogen-bond donors (Lipinski definition) is 1. The van der Waals surface area contributed by atoms with Gasteiger partial charge >= 0.3 is 0 Å². The van der Waals surface area contributed by atoms with Crippen LogP contribution in [-0.4, -0.2) is 36.8 Å². The summed E-state index contributed by atoms with van der Waals surface area (Å²) in [6.07, 6.45) is -1.49. The molecule has 0 fully saturated rings. The van der Waals surface area contributed by atoms with E-state index in [1.54, 1.807) is 18.2 Å². The number of carbonyl (C=O) groups excluding carboxylic acids is 1. The van der Waals surface area contributed by atoms with Crippen molar-refractivity contribution in [3.8, 4) is 0 Å². The van der Waals surface area contributed by atoms with Gasteiger partial charge in [0.1, 0.15) is 6.73 Å². The fourth-order valence-electron chi connectivity index (χ4n) is 2.53. The molecular formula is C17H15ClN2O3. The number of aliphatic hydroxyl groups is 1. The zero-order chi connectivity index (χ0) is 16.4. The maximum atomic E-state index is 12.4. The van der Waals surface area contributed by atoms with E-state index >= 15 is 0 Å². The van der Waals surface area contributed by atoms with Crippen LogP contribution in [0.5, 0.6) is 0 Å². The molecule has 0 radical (unpaired) electrons. The minimum Gasteiger partial charge on any atom is -0.364 e. The van der Waals surface area contributed by atoms with E-state index in [0.717, 1.165) is 5.56 Å². The zero-order valence-corrected chi connectivity index (χ0v) is 13.2. The van der Waals surface area contributed by atoms with Gasteiger partial charge in [0.25, 0.3) is 5.91 Å². The molecule has 6 heteroatoms. The first-order valence-corrected chi connectivity index (χ1v) is 7.41. The molecule has 0 saturated carbocycles. The lowest BCUT2D eigenvalue weighted by atomic mass is 10.0. The number of hydrogen-bond acceptors (Lipinski definition) is 4. The second-order valence-electron chi connectivity index (χ2n) is 5.06. The predicted octanol–water partition coefficient (Wildman–Crippen LogP) is 2.45. The molecule has 118 valence electrons. The molecule has 3 rings (SSSR count). The molecule has 1 atom stereocenters. The van der Waals surface area contributed by atoms with Gasteiger partial charge < -0.3 is 9.84 Å². The standard InChI is InChI=1S/C17H15ClN2O3/c1-23-10-20-14-8-7-12(18)9-13(14)15(19-16(21)17(20)22)11-5-3-2-4-6-11/h2-9,16,21H,10H2,1H3. The fourth-order valence-corrected chi connectivity index (χ4v) is 2.70. The summed E-state index contributed by atoms with van der Waals surface area (Å²) >= 11 is 6.13. The molecule has 0 bridgehead atoms. The van der Waals surface area contributed by atoms with Crippen LogP contribution in [-0.2, 0) is 9.53 Å². The van der Waals surface area contributed by atoms with E-state index in [9.17, 15) is 9.90 Å². The summed E-state index contributed by atoms with van der Waals surface area (Å²) in [4.78, 5) is 18.0. The van der Waals surface area contributed by atoms with Crippen molar-refractivity contribution < 1.29 is 14.6 Å². The third-order valence-electron chi connectivity index (χ3n) is 3.55. The molecule has 23 heavy (non-hydrogen) atoms. The monoisotopic (exact) mass is 330 g/mol. The smallest absolute Gasteiger partial charge is 0.280 e. The highest BCUT2D eigenvalue weighted by Gasteiger charge is 2.30. The first-order valence-electron chi connectivity index (χ1n) is 7.03. The van der Waals surface area contributed by atoms with Crippen molar-refractivity contribution in [1.82, 2.24) is 0 Å². The van der Waals surface area contributed by atoms with Gasteiger partial charge in [-0.3, -0.25) is 9.69 Å². The summed E-state index contributed by atoms with van der Waals surface area (Å²) in [6.45, 7) is 0.0160. The van der Waals surface area contributed by atoms with Crippen LogP contribution in [0.4, 0.5) is 5.69 Å². The Balaban J connectivity index is 2.23. The van der Waals surface area contributed by atoms with Crippen molar-refractivity contribution in [2.24, 2.45) is 4.99 Å². The van der Waals surface area contributed by atoms with Gasteiger partial charge in [-0.25, -0.2) is 4.99 Å². The molecule has 0 aliphatic carbocycles. The summed E-state index contributed by atoms with van der Waals surface area (Å²) < 4.78 is 5.09. The Bertz CT molecular complexity index is 762. The number of benzene rings is 2. The lowest BCUT2D eigenvalue weighted by molar-refractivity contribution is -0.127. The van der Waals surface area contributed by atoms with Crippen molar-refractivity contribution in [2.75, 3.05) is 18.7 Å². The molecule has 1 heterocycles. The van der Waals surface area contributed by atoms with Crippen LogP contribution in [0.2, 0.25) is 5.02 Å². The molecule has 1 amide bonds. The summed E-state index contributed by atoms with van der Waals surface area (Å²) in [7, 11) is 1.49. The molecule has 0 aromatic heterocycles. The summed E-state index contributed by atoms with van der Waals surface area (Å²) in [5.41, 5.74) is 2.58. The van der Waals surface area contributed by atoms with E-state index in [4.69, 9.17) is 16.3 Å². The van der Waals surface area contributed by atoms with E-state index < -0.39 is 12.1 Å². The number of halogens is 1. The van der Waals surface area contributed by atoms with Gasteiger partial charge in [0.2, 0.25) is 6.23 Å². The molecule has 1 aliphatic heterocycles. The van der Waals surface area contributed by atoms with E-state index in [0.29, 0.717) is 22.0 Å². The Labute approximate surface area is 138 Å². The van der Waals surface area contributed by atoms with Gasteiger partial charge in [-0.2, -0.15) is 0 Å². The van der Waals surface area contributed by atoms with Crippen molar-refractivity contribution in [2.45, 2.75) is 6.23 Å². The average Bonchev–Trinajstić information content (AvgIpc) is 2.66. The third kappa shape index (κ3) is 2.99. The SMILES string of the molecule is COCN1C(=O)C(O)N=C(c2ccccc2)c2cc(Cl)ccc21. The average molecular weight is 331 g/mol. The number of amides is 1. The number of rotatable bonds is 3. The largest absolute Gasteiger partial charge is 0.364 e. The number of aliphatic imine (C=N–C) groups is 1. The van der Waals surface area contributed by atoms with E-state index in [1.165, 1.54) is 12.0 Å². The summed E-state index contributed by atoms with van der Waals surface area (Å²) in [5.74, 6) is -0.540. The molecule has 5 nitrogen and oxygen atoms in total. The number of aliphatic hydroxyl groups excluding tert-OH is 1. The highest BCUT2D eigenvalue weighted by atomic mass is 35.5. The lowest BCUT2D eigenvalue weighted by Gasteiger charge is -2.23. The van der Waals surface area contributed by atoms with Gasteiger partial charge in [0.05, 0.1) is 11.4 Å². The molecule has 2 aromatic carbocycles. The summed E-state index contributed by atoms with van der Waals surface area (Å²) in [5, 5.41) is 10.7. The van der Waals surface area contributed by atoms with Crippen LogP contribution in [0, 0.1) is 0 Å². The Morgan fingerprint density at radius 2 is 2.00 bits per heavy atom. The van der Waals surface area contributed by atoms with Crippen molar-refractivity contribution in [1.29, 1.82) is 0 Å². The first kappa shape index (κ1) is 15.7. The summed E-state index contributed by atoms with van der Waals surface area (Å²) in [6, 6.07) is 14.5. The highest BCUT2D eigenvalue weighted by molar-refractivity contribution is 6.32. The van der Waals surface area contributed by atoms with E-state index in [2.05, 4.69) is 4.99 Å². The van der Waals surface area contributed by atoms with Gasteiger partial charge in [0, 0.05) is 23.3 Å². The van der Waals surface area contributed by atoms with Gasteiger partial charge in [-0.15, -0.1) is 0 Å². The molecular weight excluding hydrogens is 316 g/mol. The number of nitrogens with zero attached hydrogens (tertiary/aromatic N) is 2. The zero-order valence-electron chi connectivity index (χ0n) is 12.4. The van der Waals surface area contributed by atoms with Gasteiger partial charge in [0.15, 0.2) is 0 Å².